The topological polar surface area (TPSA) is 72.2 Å². The number of hydrogen-bond acceptors (Lipinski definition) is 3. The van der Waals surface area contributed by atoms with Gasteiger partial charge < -0.3 is 4.57 Å². The lowest BCUT2D eigenvalue weighted by Crippen LogP contribution is -1.98. The number of aromatic nitrogens is 2. The fraction of sp³-hybridized carbons (Fsp3) is 0.625. The molecule has 0 amide bonds. The van der Waals surface area contributed by atoms with Gasteiger partial charge in [-0.3, -0.25) is 4.55 Å². The van der Waals surface area contributed by atoms with Crippen molar-refractivity contribution >= 4 is 10.1 Å². The molecular formula is C8H16N2O3S. The van der Waals surface area contributed by atoms with Gasteiger partial charge in [0.2, 0.25) is 0 Å². The predicted octanol–water partition coefficient (Wildman–Crippen LogP) is 0.969. The Kier molecular flexibility index (Phi) is 5.40. The van der Waals surface area contributed by atoms with Crippen molar-refractivity contribution in [3.8, 4) is 0 Å². The van der Waals surface area contributed by atoms with E-state index >= 15 is 0 Å². The third kappa shape index (κ3) is 6.62. The summed E-state index contributed by atoms with van der Waals surface area (Å²) in [5.41, 5.74) is 0. The van der Waals surface area contributed by atoms with Crippen molar-refractivity contribution in [2.24, 2.45) is 0 Å². The van der Waals surface area contributed by atoms with Gasteiger partial charge in [0.05, 0.1) is 6.26 Å². The van der Waals surface area contributed by atoms with E-state index in [1.165, 1.54) is 5.82 Å². The van der Waals surface area contributed by atoms with Gasteiger partial charge in [0.15, 0.2) is 0 Å². The summed E-state index contributed by atoms with van der Waals surface area (Å²) in [4.78, 5) is 4.17. The Morgan fingerprint density at radius 2 is 2.00 bits per heavy atom. The molecule has 0 atom stereocenters. The zero-order valence-electron chi connectivity index (χ0n) is 8.64. The van der Waals surface area contributed by atoms with Crippen LogP contribution in [0.2, 0.25) is 0 Å². The first-order valence-electron chi connectivity index (χ1n) is 4.31. The molecule has 0 aliphatic heterocycles. The molecule has 0 unspecified atom stereocenters. The van der Waals surface area contributed by atoms with Gasteiger partial charge in [0.25, 0.3) is 10.1 Å². The number of aryl methyl sites for hydroxylation is 2. The standard InChI is InChI=1S/C7H12N2.CH4O3S/c1-3-7-8-5-6-9(7)4-2;1-5(2,3)4/h5-6H,3-4H2,1-2H3;1H3,(H,2,3,4). The van der Waals surface area contributed by atoms with E-state index in [0.29, 0.717) is 6.26 Å². The molecule has 1 aromatic rings. The molecule has 6 heteroatoms. The highest BCUT2D eigenvalue weighted by Gasteiger charge is 1.94. The van der Waals surface area contributed by atoms with Crippen LogP contribution in [0.4, 0.5) is 0 Å². The van der Waals surface area contributed by atoms with E-state index < -0.39 is 10.1 Å². The van der Waals surface area contributed by atoms with E-state index in [1.807, 2.05) is 12.4 Å². The molecule has 1 rings (SSSR count). The van der Waals surface area contributed by atoms with Crippen LogP contribution in [-0.4, -0.2) is 28.8 Å². The molecule has 1 heterocycles. The lowest BCUT2D eigenvalue weighted by Gasteiger charge is -1.98. The SMILES string of the molecule is CCc1nccn1CC.CS(=O)(=O)O. The molecule has 0 aromatic carbocycles. The molecule has 0 spiro atoms. The van der Waals surface area contributed by atoms with Gasteiger partial charge in [-0.2, -0.15) is 8.42 Å². The molecule has 0 saturated heterocycles. The fourth-order valence-corrected chi connectivity index (χ4v) is 0.942. The Bertz CT molecular complexity index is 330. The minimum atomic E-state index is -3.67. The van der Waals surface area contributed by atoms with Gasteiger partial charge in [0, 0.05) is 25.4 Å². The third-order valence-electron chi connectivity index (χ3n) is 1.46. The van der Waals surface area contributed by atoms with Crippen molar-refractivity contribution in [1.29, 1.82) is 0 Å². The first-order chi connectivity index (χ1) is 6.38. The van der Waals surface area contributed by atoms with Crippen molar-refractivity contribution in [1.82, 2.24) is 9.55 Å². The van der Waals surface area contributed by atoms with Gasteiger partial charge in [-0.25, -0.2) is 4.98 Å². The van der Waals surface area contributed by atoms with E-state index in [0.717, 1.165) is 13.0 Å². The zero-order chi connectivity index (χ0) is 11.2. The maximum absolute atomic E-state index is 9.19. The van der Waals surface area contributed by atoms with Gasteiger partial charge in [-0.1, -0.05) is 6.92 Å². The highest BCUT2D eigenvalue weighted by Crippen LogP contribution is 1.96. The first kappa shape index (κ1) is 13.1. The highest BCUT2D eigenvalue weighted by atomic mass is 32.2. The summed E-state index contributed by atoms with van der Waals surface area (Å²) < 4.78 is 28.0. The van der Waals surface area contributed by atoms with Crippen LogP contribution in [-0.2, 0) is 23.1 Å². The predicted molar refractivity (Wildman–Crippen MR) is 54.8 cm³/mol. The first-order valence-corrected chi connectivity index (χ1v) is 6.15. The third-order valence-corrected chi connectivity index (χ3v) is 1.46. The second-order valence-electron chi connectivity index (χ2n) is 2.72. The lowest BCUT2D eigenvalue weighted by atomic mass is 10.4. The summed E-state index contributed by atoms with van der Waals surface area (Å²) in [6.45, 7) is 5.28. The van der Waals surface area contributed by atoms with Crippen molar-refractivity contribution in [3.05, 3.63) is 18.2 Å². The number of nitrogens with zero attached hydrogens (tertiary/aromatic N) is 2. The minimum Gasteiger partial charge on any atom is -0.335 e. The van der Waals surface area contributed by atoms with Crippen LogP contribution >= 0.6 is 0 Å². The average molecular weight is 220 g/mol. The molecule has 0 aliphatic rings. The molecule has 1 aromatic heterocycles. The molecule has 14 heavy (non-hydrogen) atoms. The molecule has 0 saturated carbocycles. The Morgan fingerprint density at radius 1 is 1.50 bits per heavy atom. The Morgan fingerprint density at radius 3 is 2.29 bits per heavy atom. The molecule has 5 nitrogen and oxygen atoms in total. The Labute approximate surface area is 84.5 Å². The number of rotatable bonds is 2. The van der Waals surface area contributed by atoms with Crippen LogP contribution in [0.3, 0.4) is 0 Å². The molecule has 0 aliphatic carbocycles. The van der Waals surface area contributed by atoms with Crippen molar-refractivity contribution in [2.75, 3.05) is 6.26 Å². The van der Waals surface area contributed by atoms with E-state index in [9.17, 15) is 8.42 Å². The average Bonchev–Trinajstić information content (AvgIpc) is 2.47. The van der Waals surface area contributed by atoms with Crippen LogP contribution in [0.25, 0.3) is 0 Å². The second kappa shape index (κ2) is 5.77. The van der Waals surface area contributed by atoms with Crippen LogP contribution in [0.1, 0.15) is 19.7 Å². The maximum atomic E-state index is 9.19. The van der Waals surface area contributed by atoms with Crippen LogP contribution in [0.5, 0.6) is 0 Å². The number of hydrogen-bond donors (Lipinski definition) is 1. The maximum Gasteiger partial charge on any atom is 0.261 e. The van der Waals surface area contributed by atoms with Gasteiger partial charge in [-0.05, 0) is 6.92 Å². The normalized spacial score (nSPS) is 10.6. The smallest absolute Gasteiger partial charge is 0.261 e. The van der Waals surface area contributed by atoms with E-state index in [1.54, 1.807) is 0 Å². The molecule has 82 valence electrons. The lowest BCUT2D eigenvalue weighted by molar-refractivity contribution is 0.490. The summed E-state index contributed by atoms with van der Waals surface area (Å²) in [7, 11) is -3.67. The summed E-state index contributed by atoms with van der Waals surface area (Å²) >= 11 is 0. The number of imidazole rings is 1. The summed E-state index contributed by atoms with van der Waals surface area (Å²) in [6.07, 6.45) is 5.61. The summed E-state index contributed by atoms with van der Waals surface area (Å²) in [5.74, 6) is 1.18. The molecule has 0 fully saturated rings. The van der Waals surface area contributed by atoms with Crippen LogP contribution in [0, 0.1) is 0 Å². The van der Waals surface area contributed by atoms with Gasteiger partial charge >= 0.3 is 0 Å². The van der Waals surface area contributed by atoms with Crippen molar-refractivity contribution in [2.45, 2.75) is 26.8 Å². The molecule has 1 N–H and O–H groups in total. The van der Waals surface area contributed by atoms with Crippen molar-refractivity contribution in [3.63, 3.8) is 0 Å². The zero-order valence-corrected chi connectivity index (χ0v) is 9.45. The summed E-state index contributed by atoms with van der Waals surface area (Å²) in [5, 5.41) is 0. The molecular weight excluding hydrogens is 204 g/mol. The highest BCUT2D eigenvalue weighted by molar-refractivity contribution is 7.85. The van der Waals surface area contributed by atoms with E-state index in [2.05, 4.69) is 23.4 Å². The van der Waals surface area contributed by atoms with Gasteiger partial charge in [-0.15, -0.1) is 0 Å². The largest absolute Gasteiger partial charge is 0.335 e. The Balaban J connectivity index is 0.000000292. The summed E-state index contributed by atoms with van der Waals surface area (Å²) in [6, 6.07) is 0. The fourth-order valence-electron chi connectivity index (χ4n) is 0.942. The van der Waals surface area contributed by atoms with Crippen LogP contribution in [0.15, 0.2) is 12.4 Å². The van der Waals surface area contributed by atoms with Crippen LogP contribution < -0.4 is 0 Å². The second-order valence-corrected chi connectivity index (χ2v) is 4.18. The molecule has 0 bridgehead atoms. The van der Waals surface area contributed by atoms with E-state index in [-0.39, 0.29) is 0 Å². The quantitative estimate of drug-likeness (QED) is 0.754. The van der Waals surface area contributed by atoms with E-state index in [4.69, 9.17) is 4.55 Å². The Hall–Kier alpha value is -0.880. The van der Waals surface area contributed by atoms with Gasteiger partial charge in [0.1, 0.15) is 5.82 Å². The van der Waals surface area contributed by atoms with Crippen molar-refractivity contribution < 1.29 is 13.0 Å². The minimum absolute atomic E-state index is 0.715. The monoisotopic (exact) mass is 220 g/mol. The molecule has 0 radical (unpaired) electrons.